The lowest BCUT2D eigenvalue weighted by atomic mass is 10.1. The third-order valence-corrected chi connectivity index (χ3v) is 3.49. The van der Waals surface area contributed by atoms with Gasteiger partial charge in [0, 0.05) is 0 Å². The molecule has 0 radical (unpaired) electrons. The fourth-order valence-electron chi connectivity index (χ4n) is 2.25. The molecule has 0 amide bonds. The SMILES string of the molecule is COc1ccc([C@@H](C)Nc2nnnn2-c2ccccc2)cc1F. The molecule has 3 rings (SSSR count). The van der Waals surface area contributed by atoms with Crippen molar-refractivity contribution in [3.63, 3.8) is 0 Å². The van der Waals surface area contributed by atoms with E-state index in [1.54, 1.807) is 16.8 Å². The number of hydrogen-bond donors (Lipinski definition) is 1. The lowest BCUT2D eigenvalue weighted by Crippen LogP contribution is -2.12. The number of nitrogens with zero attached hydrogens (tertiary/aromatic N) is 4. The molecule has 0 bridgehead atoms. The van der Waals surface area contributed by atoms with Crippen LogP contribution in [0.5, 0.6) is 5.75 Å². The minimum Gasteiger partial charge on any atom is -0.494 e. The Morgan fingerprint density at radius 2 is 1.96 bits per heavy atom. The highest BCUT2D eigenvalue weighted by atomic mass is 19.1. The molecule has 1 aromatic heterocycles. The Bertz CT molecular complexity index is 790. The average molecular weight is 313 g/mol. The number of hydrogen-bond acceptors (Lipinski definition) is 5. The maximum absolute atomic E-state index is 13.8. The van der Waals surface area contributed by atoms with E-state index in [0.717, 1.165) is 11.3 Å². The molecule has 0 aliphatic rings. The maximum atomic E-state index is 13.8. The van der Waals surface area contributed by atoms with Gasteiger partial charge in [-0.05, 0) is 47.2 Å². The Morgan fingerprint density at radius 1 is 1.17 bits per heavy atom. The normalized spacial score (nSPS) is 12.0. The fraction of sp³-hybridized carbons (Fsp3) is 0.188. The van der Waals surface area contributed by atoms with Crippen LogP contribution in [0.4, 0.5) is 10.3 Å². The van der Waals surface area contributed by atoms with E-state index in [2.05, 4.69) is 20.8 Å². The van der Waals surface area contributed by atoms with Crippen LogP contribution >= 0.6 is 0 Å². The fourth-order valence-corrected chi connectivity index (χ4v) is 2.25. The lowest BCUT2D eigenvalue weighted by molar-refractivity contribution is 0.386. The summed E-state index contributed by atoms with van der Waals surface area (Å²) in [5.74, 6) is 0.302. The molecule has 0 aliphatic carbocycles. The number of aromatic nitrogens is 4. The summed E-state index contributed by atoms with van der Waals surface area (Å²) < 4.78 is 20.4. The van der Waals surface area contributed by atoms with E-state index in [1.807, 2.05) is 37.3 Å². The number of rotatable bonds is 5. The van der Waals surface area contributed by atoms with Gasteiger partial charge in [-0.2, -0.15) is 4.68 Å². The summed E-state index contributed by atoms with van der Waals surface area (Å²) >= 11 is 0. The molecule has 1 heterocycles. The largest absolute Gasteiger partial charge is 0.494 e. The number of anilines is 1. The Balaban J connectivity index is 1.83. The first-order valence-electron chi connectivity index (χ1n) is 7.13. The van der Waals surface area contributed by atoms with E-state index in [1.165, 1.54) is 13.2 Å². The molecule has 3 aromatic rings. The Labute approximate surface area is 132 Å². The molecule has 7 heteroatoms. The zero-order valence-corrected chi connectivity index (χ0v) is 12.8. The van der Waals surface area contributed by atoms with Crippen molar-refractivity contribution in [2.45, 2.75) is 13.0 Å². The number of methoxy groups -OCH3 is 1. The average Bonchev–Trinajstić information content (AvgIpc) is 3.03. The van der Waals surface area contributed by atoms with Gasteiger partial charge >= 0.3 is 0 Å². The molecule has 23 heavy (non-hydrogen) atoms. The van der Waals surface area contributed by atoms with E-state index in [0.29, 0.717) is 5.95 Å². The third-order valence-electron chi connectivity index (χ3n) is 3.49. The van der Waals surface area contributed by atoms with E-state index >= 15 is 0 Å². The number of ether oxygens (including phenoxy) is 1. The summed E-state index contributed by atoms with van der Waals surface area (Å²) in [6, 6.07) is 14.2. The van der Waals surface area contributed by atoms with Gasteiger partial charge < -0.3 is 10.1 Å². The predicted molar refractivity (Wildman–Crippen MR) is 84.1 cm³/mol. The van der Waals surface area contributed by atoms with Crippen molar-refractivity contribution in [1.29, 1.82) is 0 Å². The van der Waals surface area contributed by atoms with Gasteiger partial charge in [0.2, 0.25) is 5.95 Å². The molecule has 0 spiro atoms. The van der Waals surface area contributed by atoms with Gasteiger partial charge in [0.1, 0.15) is 0 Å². The van der Waals surface area contributed by atoms with Crippen molar-refractivity contribution in [1.82, 2.24) is 20.2 Å². The lowest BCUT2D eigenvalue weighted by Gasteiger charge is -2.15. The van der Waals surface area contributed by atoms with Crippen LogP contribution in [0.15, 0.2) is 48.5 Å². The predicted octanol–water partition coefficient (Wildman–Crippen LogP) is 2.98. The molecule has 1 N–H and O–H groups in total. The zero-order chi connectivity index (χ0) is 16.2. The number of halogens is 1. The monoisotopic (exact) mass is 313 g/mol. The first-order valence-corrected chi connectivity index (χ1v) is 7.13. The van der Waals surface area contributed by atoms with Gasteiger partial charge in [-0.1, -0.05) is 29.4 Å². The Hall–Kier alpha value is -2.96. The first-order chi connectivity index (χ1) is 11.2. The maximum Gasteiger partial charge on any atom is 0.248 e. The highest BCUT2D eigenvalue weighted by Gasteiger charge is 2.14. The van der Waals surface area contributed by atoms with Crippen LogP contribution in [0.1, 0.15) is 18.5 Å². The van der Waals surface area contributed by atoms with Crippen LogP contribution in [0.25, 0.3) is 5.69 Å². The van der Waals surface area contributed by atoms with Gasteiger partial charge in [0.25, 0.3) is 0 Å². The highest BCUT2D eigenvalue weighted by Crippen LogP contribution is 2.24. The number of nitrogens with one attached hydrogen (secondary N) is 1. The van der Waals surface area contributed by atoms with E-state index < -0.39 is 5.82 Å². The van der Waals surface area contributed by atoms with Crippen LogP contribution in [0.2, 0.25) is 0 Å². The Morgan fingerprint density at radius 3 is 2.65 bits per heavy atom. The smallest absolute Gasteiger partial charge is 0.248 e. The number of tetrazole rings is 1. The second-order valence-corrected chi connectivity index (χ2v) is 5.01. The number of para-hydroxylation sites is 1. The molecular formula is C16H16FN5O. The summed E-state index contributed by atoms with van der Waals surface area (Å²) in [5, 5.41) is 14.8. The standard InChI is InChI=1S/C16H16FN5O/c1-11(12-8-9-15(23-2)14(17)10-12)18-16-19-20-21-22(16)13-6-4-3-5-7-13/h3-11H,1-2H3,(H,18,19,21)/t11-/m1/s1. The van der Waals surface area contributed by atoms with Crippen LogP contribution in [0.3, 0.4) is 0 Å². The van der Waals surface area contributed by atoms with Crippen molar-refractivity contribution >= 4 is 5.95 Å². The van der Waals surface area contributed by atoms with Gasteiger partial charge in [0.15, 0.2) is 11.6 Å². The quantitative estimate of drug-likeness (QED) is 0.784. The zero-order valence-electron chi connectivity index (χ0n) is 12.8. The van der Waals surface area contributed by atoms with Crippen molar-refractivity contribution in [2.75, 3.05) is 12.4 Å². The van der Waals surface area contributed by atoms with Crippen molar-refractivity contribution in [2.24, 2.45) is 0 Å². The van der Waals surface area contributed by atoms with Gasteiger partial charge in [-0.3, -0.25) is 0 Å². The molecule has 6 nitrogen and oxygen atoms in total. The van der Waals surface area contributed by atoms with E-state index in [-0.39, 0.29) is 11.8 Å². The van der Waals surface area contributed by atoms with Gasteiger partial charge in [0.05, 0.1) is 18.8 Å². The van der Waals surface area contributed by atoms with Crippen LogP contribution < -0.4 is 10.1 Å². The minimum absolute atomic E-state index is 0.177. The summed E-state index contributed by atoms with van der Waals surface area (Å²) in [4.78, 5) is 0. The van der Waals surface area contributed by atoms with Crippen LogP contribution in [-0.2, 0) is 0 Å². The van der Waals surface area contributed by atoms with E-state index in [9.17, 15) is 4.39 Å². The second-order valence-electron chi connectivity index (χ2n) is 5.01. The molecule has 0 aliphatic heterocycles. The second kappa shape index (κ2) is 6.43. The van der Waals surface area contributed by atoms with Crippen LogP contribution in [-0.4, -0.2) is 27.3 Å². The van der Waals surface area contributed by atoms with Crippen molar-refractivity contribution < 1.29 is 9.13 Å². The molecule has 0 saturated heterocycles. The highest BCUT2D eigenvalue weighted by molar-refractivity contribution is 5.41. The summed E-state index contributed by atoms with van der Waals surface area (Å²) in [6.07, 6.45) is 0. The third kappa shape index (κ3) is 3.13. The van der Waals surface area contributed by atoms with Crippen molar-refractivity contribution in [3.05, 3.63) is 59.9 Å². The van der Waals surface area contributed by atoms with Gasteiger partial charge in [-0.25, -0.2) is 4.39 Å². The van der Waals surface area contributed by atoms with E-state index in [4.69, 9.17) is 4.74 Å². The summed E-state index contributed by atoms with van der Waals surface area (Å²) in [7, 11) is 1.44. The molecular weight excluding hydrogens is 297 g/mol. The molecule has 0 unspecified atom stereocenters. The molecule has 0 fully saturated rings. The summed E-state index contributed by atoms with van der Waals surface area (Å²) in [6.45, 7) is 1.91. The van der Waals surface area contributed by atoms with Gasteiger partial charge in [-0.15, -0.1) is 0 Å². The number of benzene rings is 2. The molecule has 0 saturated carbocycles. The van der Waals surface area contributed by atoms with Crippen molar-refractivity contribution in [3.8, 4) is 11.4 Å². The van der Waals surface area contributed by atoms with Crippen LogP contribution in [0, 0.1) is 5.82 Å². The topological polar surface area (TPSA) is 64.9 Å². The molecule has 118 valence electrons. The minimum atomic E-state index is -0.402. The Kier molecular flexibility index (Phi) is 4.18. The first kappa shape index (κ1) is 15.0. The molecule has 1 atom stereocenters. The summed E-state index contributed by atoms with van der Waals surface area (Å²) in [5.41, 5.74) is 1.61. The molecule has 2 aromatic carbocycles.